The zero-order valence-corrected chi connectivity index (χ0v) is 14.5. The van der Waals surface area contributed by atoms with Crippen LogP contribution in [0.1, 0.15) is 35.4 Å². The van der Waals surface area contributed by atoms with Crippen molar-refractivity contribution < 1.29 is 9.59 Å². The highest BCUT2D eigenvalue weighted by Crippen LogP contribution is 2.19. The maximum atomic E-state index is 12.0. The third-order valence-corrected chi connectivity index (χ3v) is 4.96. The smallest absolute Gasteiger partial charge is 0.224 e. The Balaban J connectivity index is 1.45. The van der Waals surface area contributed by atoms with Gasteiger partial charge in [-0.1, -0.05) is 12.1 Å². The molecular formula is C18H21N3O2S. The van der Waals surface area contributed by atoms with E-state index in [0.29, 0.717) is 25.3 Å². The van der Waals surface area contributed by atoms with E-state index >= 15 is 0 Å². The molecule has 0 unspecified atom stereocenters. The summed E-state index contributed by atoms with van der Waals surface area (Å²) in [5.41, 5.74) is 4.51. The summed E-state index contributed by atoms with van der Waals surface area (Å²) in [7, 11) is 0. The number of anilines is 1. The van der Waals surface area contributed by atoms with Gasteiger partial charge in [-0.15, -0.1) is 11.3 Å². The Hall–Kier alpha value is -2.21. The van der Waals surface area contributed by atoms with Crippen molar-refractivity contribution in [1.82, 2.24) is 10.3 Å². The summed E-state index contributed by atoms with van der Waals surface area (Å²) < 4.78 is 0. The van der Waals surface area contributed by atoms with Crippen LogP contribution in [0.4, 0.5) is 5.69 Å². The first-order chi connectivity index (χ1) is 11.6. The SMILES string of the molecule is Cc1ncsc1CCC(=O)Nc1ccc(CC(=O)NC2CC2)cc1. The van der Waals surface area contributed by atoms with Gasteiger partial charge in [0, 0.05) is 23.0 Å². The molecule has 2 amide bonds. The summed E-state index contributed by atoms with van der Waals surface area (Å²) in [6, 6.07) is 7.84. The molecule has 3 rings (SSSR count). The number of amides is 2. The molecule has 5 nitrogen and oxygen atoms in total. The summed E-state index contributed by atoms with van der Waals surface area (Å²) >= 11 is 1.58. The van der Waals surface area contributed by atoms with Gasteiger partial charge in [-0.25, -0.2) is 4.98 Å². The van der Waals surface area contributed by atoms with Gasteiger partial charge >= 0.3 is 0 Å². The standard InChI is InChI=1S/C18H21N3O2S/c1-12-16(24-11-19-12)8-9-17(22)20-14-4-2-13(3-5-14)10-18(23)21-15-6-7-15/h2-5,11,15H,6-10H2,1H3,(H,20,22)(H,21,23). The molecule has 1 aromatic heterocycles. The Morgan fingerprint density at radius 2 is 1.96 bits per heavy atom. The van der Waals surface area contributed by atoms with Crippen LogP contribution in [0.2, 0.25) is 0 Å². The topological polar surface area (TPSA) is 71.1 Å². The molecular weight excluding hydrogens is 322 g/mol. The molecule has 0 atom stereocenters. The largest absolute Gasteiger partial charge is 0.353 e. The van der Waals surface area contributed by atoms with Gasteiger partial charge in [-0.3, -0.25) is 9.59 Å². The van der Waals surface area contributed by atoms with Crippen molar-refractivity contribution in [3.05, 3.63) is 45.9 Å². The van der Waals surface area contributed by atoms with Crippen LogP contribution in [-0.4, -0.2) is 22.8 Å². The molecule has 0 radical (unpaired) electrons. The van der Waals surface area contributed by atoms with Crippen molar-refractivity contribution in [2.45, 2.75) is 45.1 Å². The van der Waals surface area contributed by atoms with Crippen LogP contribution in [0.15, 0.2) is 29.8 Å². The Morgan fingerprint density at radius 3 is 2.58 bits per heavy atom. The van der Waals surface area contributed by atoms with E-state index in [1.165, 1.54) is 0 Å². The number of aromatic nitrogens is 1. The van der Waals surface area contributed by atoms with Gasteiger partial charge in [0.25, 0.3) is 0 Å². The van der Waals surface area contributed by atoms with Crippen LogP contribution in [0.5, 0.6) is 0 Å². The van der Waals surface area contributed by atoms with Crippen molar-refractivity contribution in [1.29, 1.82) is 0 Å². The second kappa shape index (κ2) is 7.57. The molecule has 2 N–H and O–H groups in total. The molecule has 1 fully saturated rings. The highest BCUT2D eigenvalue weighted by atomic mass is 32.1. The van der Waals surface area contributed by atoms with Crippen molar-refractivity contribution in [2.24, 2.45) is 0 Å². The Labute approximate surface area is 145 Å². The lowest BCUT2D eigenvalue weighted by atomic mass is 10.1. The van der Waals surface area contributed by atoms with Crippen LogP contribution in [0.3, 0.4) is 0 Å². The fourth-order valence-corrected chi connectivity index (χ4v) is 3.20. The van der Waals surface area contributed by atoms with E-state index in [1.54, 1.807) is 16.8 Å². The lowest BCUT2D eigenvalue weighted by Gasteiger charge is -2.07. The van der Waals surface area contributed by atoms with Crippen molar-refractivity contribution >= 4 is 28.8 Å². The average molecular weight is 343 g/mol. The van der Waals surface area contributed by atoms with Crippen molar-refractivity contribution in [3.63, 3.8) is 0 Å². The van der Waals surface area contributed by atoms with Crippen LogP contribution in [-0.2, 0) is 22.4 Å². The van der Waals surface area contributed by atoms with Crippen molar-refractivity contribution in [3.8, 4) is 0 Å². The molecule has 1 heterocycles. The van der Waals surface area contributed by atoms with E-state index in [4.69, 9.17) is 0 Å². The number of hydrogen-bond acceptors (Lipinski definition) is 4. The monoisotopic (exact) mass is 343 g/mol. The Kier molecular flexibility index (Phi) is 5.25. The fourth-order valence-electron chi connectivity index (χ4n) is 2.41. The number of nitrogens with zero attached hydrogens (tertiary/aromatic N) is 1. The molecule has 1 saturated carbocycles. The molecule has 1 aliphatic rings. The maximum absolute atomic E-state index is 12.0. The average Bonchev–Trinajstić information content (AvgIpc) is 3.26. The molecule has 0 bridgehead atoms. The van der Waals surface area contributed by atoms with Gasteiger partial charge < -0.3 is 10.6 Å². The quantitative estimate of drug-likeness (QED) is 0.812. The van der Waals surface area contributed by atoms with Gasteiger partial charge in [0.15, 0.2) is 0 Å². The molecule has 126 valence electrons. The summed E-state index contributed by atoms with van der Waals surface area (Å²) in [6.07, 6.45) is 3.72. The molecule has 0 aliphatic heterocycles. The first-order valence-corrected chi connectivity index (χ1v) is 9.05. The fraction of sp³-hybridized carbons (Fsp3) is 0.389. The highest BCUT2D eigenvalue weighted by Gasteiger charge is 2.23. The molecule has 1 aromatic carbocycles. The first-order valence-electron chi connectivity index (χ1n) is 8.17. The van der Waals surface area contributed by atoms with E-state index < -0.39 is 0 Å². The lowest BCUT2D eigenvalue weighted by Crippen LogP contribution is -2.26. The number of nitrogens with one attached hydrogen (secondary N) is 2. The predicted octanol–water partition coefficient (Wildman–Crippen LogP) is 2.84. The van der Waals surface area contributed by atoms with Gasteiger partial charge in [0.1, 0.15) is 0 Å². The maximum Gasteiger partial charge on any atom is 0.224 e. The number of carbonyl (C=O) groups excluding carboxylic acids is 2. The minimum atomic E-state index is -0.0120. The highest BCUT2D eigenvalue weighted by molar-refractivity contribution is 7.09. The summed E-state index contributed by atoms with van der Waals surface area (Å²) in [5.74, 6) is 0.0521. The number of thiazole rings is 1. The zero-order valence-electron chi connectivity index (χ0n) is 13.7. The minimum Gasteiger partial charge on any atom is -0.353 e. The minimum absolute atomic E-state index is 0.0120. The second-order valence-electron chi connectivity index (χ2n) is 6.12. The van der Waals surface area contributed by atoms with E-state index in [1.807, 2.05) is 31.2 Å². The summed E-state index contributed by atoms with van der Waals surface area (Å²) in [5, 5.41) is 5.86. The van der Waals surface area contributed by atoms with Gasteiger partial charge in [0.2, 0.25) is 11.8 Å². The summed E-state index contributed by atoms with van der Waals surface area (Å²) in [6.45, 7) is 1.96. The van der Waals surface area contributed by atoms with Gasteiger partial charge in [0.05, 0.1) is 17.6 Å². The molecule has 6 heteroatoms. The van der Waals surface area contributed by atoms with Gasteiger partial charge in [-0.05, 0) is 43.9 Å². The molecule has 24 heavy (non-hydrogen) atoms. The lowest BCUT2D eigenvalue weighted by molar-refractivity contribution is -0.120. The molecule has 2 aromatic rings. The Bertz CT molecular complexity index is 720. The first kappa shape index (κ1) is 16.6. The zero-order chi connectivity index (χ0) is 16.9. The number of benzene rings is 1. The van der Waals surface area contributed by atoms with Crippen LogP contribution < -0.4 is 10.6 Å². The molecule has 0 spiro atoms. The van der Waals surface area contributed by atoms with Crippen molar-refractivity contribution in [2.75, 3.05) is 5.32 Å². The number of aryl methyl sites for hydroxylation is 2. The van der Waals surface area contributed by atoms with E-state index in [-0.39, 0.29) is 11.8 Å². The number of carbonyl (C=O) groups is 2. The van der Waals surface area contributed by atoms with E-state index in [2.05, 4.69) is 15.6 Å². The molecule has 1 aliphatic carbocycles. The van der Waals surface area contributed by atoms with Gasteiger partial charge in [-0.2, -0.15) is 0 Å². The normalized spacial score (nSPS) is 13.5. The van der Waals surface area contributed by atoms with Crippen LogP contribution >= 0.6 is 11.3 Å². The van der Waals surface area contributed by atoms with Crippen LogP contribution in [0, 0.1) is 6.92 Å². The van der Waals surface area contributed by atoms with Crippen LogP contribution in [0.25, 0.3) is 0 Å². The third-order valence-electron chi connectivity index (χ3n) is 3.97. The third kappa shape index (κ3) is 4.89. The summed E-state index contributed by atoms with van der Waals surface area (Å²) in [4.78, 5) is 29.1. The number of hydrogen-bond donors (Lipinski definition) is 2. The molecule has 0 saturated heterocycles. The number of rotatable bonds is 7. The predicted molar refractivity (Wildman–Crippen MR) is 95.1 cm³/mol. The Morgan fingerprint density at radius 1 is 1.21 bits per heavy atom. The second-order valence-corrected chi connectivity index (χ2v) is 7.06. The van der Waals surface area contributed by atoms with E-state index in [0.717, 1.165) is 34.7 Å². The van der Waals surface area contributed by atoms with E-state index in [9.17, 15) is 9.59 Å².